The predicted octanol–water partition coefficient (Wildman–Crippen LogP) is 4.59. The van der Waals surface area contributed by atoms with Crippen LogP contribution in [0, 0.1) is 0 Å². The maximum Gasteiger partial charge on any atom is 0.422 e. The van der Waals surface area contributed by atoms with Gasteiger partial charge in [0.05, 0.1) is 18.6 Å². The summed E-state index contributed by atoms with van der Waals surface area (Å²) in [6, 6.07) is 9.95. The molecule has 0 saturated carbocycles. The highest BCUT2D eigenvalue weighted by Gasteiger charge is 2.28. The fraction of sp³-hybridized carbons (Fsp3) is 0.176. The van der Waals surface area contributed by atoms with Crippen LogP contribution < -0.4 is 4.74 Å². The maximum atomic E-state index is 12.4. The molecule has 0 N–H and O–H groups in total. The zero-order valence-corrected chi connectivity index (χ0v) is 13.6. The van der Waals surface area contributed by atoms with Crippen LogP contribution in [-0.4, -0.2) is 27.3 Å². The van der Waals surface area contributed by atoms with Crippen molar-refractivity contribution in [3.8, 4) is 17.1 Å². The number of halogens is 4. The van der Waals surface area contributed by atoms with Gasteiger partial charge in [-0.2, -0.15) is 13.2 Å². The largest absolute Gasteiger partial charge is 0.484 e. The minimum absolute atomic E-state index is 0.191. The molecule has 0 spiro atoms. The maximum absolute atomic E-state index is 12.4. The molecule has 0 bridgehead atoms. The molecule has 0 amide bonds. The van der Waals surface area contributed by atoms with Crippen molar-refractivity contribution in [2.24, 2.45) is 0 Å². The molecule has 8 heteroatoms. The number of hydrogen-bond acceptors (Lipinski definition) is 3. The topological polar surface area (TPSA) is 39.9 Å². The van der Waals surface area contributed by atoms with E-state index < -0.39 is 12.8 Å². The molecule has 0 aliphatic heterocycles. The van der Waals surface area contributed by atoms with E-state index in [1.807, 2.05) is 0 Å². The van der Waals surface area contributed by atoms with Crippen molar-refractivity contribution in [1.82, 2.24) is 14.5 Å². The Morgan fingerprint density at radius 1 is 1.08 bits per heavy atom. The number of benzene rings is 1. The van der Waals surface area contributed by atoms with Crippen LogP contribution in [0.1, 0.15) is 5.56 Å². The van der Waals surface area contributed by atoms with Crippen molar-refractivity contribution >= 4 is 11.6 Å². The Bertz CT molecular complexity index is 864. The van der Waals surface area contributed by atoms with Crippen molar-refractivity contribution in [2.75, 3.05) is 6.61 Å². The Hall–Kier alpha value is -2.54. The molecule has 4 nitrogen and oxygen atoms in total. The Morgan fingerprint density at radius 3 is 2.64 bits per heavy atom. The Balaban J connectivity index is 1.77. The number of ether oxygens (including phenoxy) is 1. The van der Waals surface area contributed by atoms with E-state index in [1.54, 1.807) is 53.6 Å². The van der Waals surface area contributed by atoms with Crippen LogP contribution in [0.2, 0.25) is 5.02 Å². The number of hydrogen-bond donors (Lipinski definition) is 0. The SMILES string of the molecule is FC(F)(F)COc1ccccc1Cn1cnc(-c2cc(Cl)ccn2)c1. The predicted molar refractivity (Wildman–Crippen MR) is 87.6 cm³/mol. The first-order valence-electron chi connectivity index (χ1n) is 7.32. The molecule has 0 atom stereocenters. The second-order valence-electron chi connectivity index (χ2n) is 5.30. The van der Waals surface area contributed by atoms with Crippen LogP contribution in [0.3, 0.4) is 0 Å². The monoisotopic (exact) mass is 367 g/mol. The first-order valence-corrected chi connectivity index (χ1v) is 7.70. The van der Waals surface area contributed by atoms with Gasteiger partial charge in [-0.3, -0.25) is 4.98 Å². The minimum atomic E-state index is -4.38. The van der Waals surface area contributed by atoms with Gasteiger partial charge in [-0.1, -0.05) is 29.8 Å². The van der Waals surface area contributed by atoms with Gasteiger partial charge in [0.15, 0.2) is 6.61 Å². The number of para-hydroxylation sites is 1. The summed E-state index contributed by atoms with van der Waals surface area (Å²) in [7, 11) is 0. The highest BCUT2D eigenvalue weighted by molar-refractivity contribution is 6.30. The molecule has 0 unspecified atom stereocenters. The molecular formula is C17H13ClF3N3O. The zero-order chi connectivity index (χ0) is 17.9. The molecule has 0 fully saturated rings. The van der Waals surface area contributed by atoms with Crippen molar-refractivity contribution in [3.05, 3.63) is 65.7 Å². The summed E-state index contributed by atoms with van der Waals surface area (Å²) < 4.78 is 43.7. The van der Waals surface area contributed by atoms with E-state index in [0.717, 1.165) is 0 Å². The summed E-state index contributed by atoms with van der Waals surface area (Å²) in [5.41, 5.74) is 1.86. The summed E-state index contributed by atoms with van der Waals surface area (Å²) in [5.74, 6) is 0.191. The van der Waals surface area contributed by atoms with E-state index in [9.17, 15) is 13.2 Å². The Kier molecular flexibility index (Phi) is 4.94. The highest BCUT2D eigenvalue weighted by atomic mass is 35.5. The van der Waals surface area contributed by atoms with E-state index in [2.05, 4.69) is 9.97 Å². The molecule has 0 radical (unpaired) electrons. The number of pyridine rings is 1. The second kappa shape index (κ2) is 7.14. The van der Waals surface area contributed by atoms with Crippen molar-refractivity contribution in [1.29, 1.82) is 0 Å². The lowest BCUT2D eigenvalue weighted by Gasteiger charge is -2.13. The molecule has 0 aliphatic carbocycles. The zero-order valence-electron chi connectivity index (χ0n) is 12.9. The summed E-state index contributed by atoms with van der Waals surface area (Å²) in [6.45, 7) is -1.01. The number of aromatic nitrogens is 3. The second-order valence-corrected chi connectivity index (χ2v) is 5.74. The third kappa shape index (κ3) is 4.73. The molecular weight excluding hydrogens is 355 g/mol. The third-order valence-electron chi connectivity index (χ3n) is 3.33. The van der Waals surface area contributed by atoms with E-state index >= 15 is 0 Å². The molecule has 2 aromatic heterocycles. The first-order chi connectivity index (χ1) is 11.9. The van der Waals surface area contributed by atoms with Gasteiger partial charge < -0.3 is 9.30 Å². The molecule has 3 aromatic rings. The molecule has 3 rings (SSSR count). The number of imidazole rings is 1. The normalized spacial score (nSPS) is 11.5. The third-order valence-corrected chi connectivity index (χ3v) is 3.57. The fourth-order valence-electron chi connectivity index (χ4n) is 2.26. The minimum Gasteiger partial charge on any atom is -0.484 e. The lowest BCUT2D eigenvalue weighted by atomic mass is 10.2. The van der Waals surface area contributed by atoms with E-state index in [0.29, 0.717) is 28.5 Å². The van der Waals surface area contributed by atoms with Gasteiger partial charge >= 0.3 is 6.18 Å². The molecule has 2 heterocycles. The van der Waals surface area contributed by atoms with Gasteiger partial charge in [0, 0.05) is 23.0 Å². The van der Waals surface area contributed by atoms with Gasteiger partial charge in [-0.15, -0.1) is 0 Å². The van der Waals surface area contributed by atoms with E-state index in [1.165, 1.54) is 6.07 Å². The summed E-state index contributed by atoms with van der Waals surface area (Å²) >= 11 is 5.94. The van der Waals surface area contributed by atoms with E-state index in [-0.39, 0.29) is 5.75 Å². The Morgan fingerprint density at radius 2 is 1.88 bits per heavy atom. The van der Waals surface area contributed by atoms with Crippen LogP contribution in [0.15, 0.2) is 55.1 Å². The van der Waals surface area contributed by atoms with Crippen molar-refractivity contribution < 1.29 is 17.9 Å². The van der Waals surface area contributed by atoms with Crippen LogP contribution >= 0.6 is 11.6 Å². The number of rotatable bonds is 5. The highest BCUT2D eigenvalue weighted by Crippen LogP contribution is 2.24. The van der Waals surface area contributed by atoms with Crippen LogP contribution in [0.4, 0.5) is 13.2 Å². The average Bonchev–Trinajstić information content (AvgIpc) is 3.02. The smallest absolute Gasteiger partial charge is 0.422 e. The van der Waals surface area contributed by atoms with Crippen LogP contribution in [0.25, 0.3) is 11.4 Å². The summed E-state index contributed by atoms with van der Waals surface area (Å²) in [5, 5.41) is 0.547. The van der Waals surface area contributed by atoms with Crippen LogP contribution in [0.5, 0.6) is 5.75 Å². The lowest BCUT2D eigenvalue weighted by Crippen LogP contribution is -2.19. The molecule has 1 aromatic carbocycles. The van der Waals surface area contributed by atoms with Gasteiger partial charge in [0.1, 0.15) is 11.4 Å². The molecule has 25 heavy (non-hydrogen) atoms. The quantitative estimate of drug-likeness (QED) is 0.662. The van der Waals surface area contributed by atoms with Gasteiger partial charge in [-0.05, 0) is 18.2 Å². The lowest BCUT2D eigenvalue weighted by molar-refractivity contribution is -0.153. The standard InChI is InChI=1S/C17H13ClF3N3O/c18-13-5-6-22-14(7-13)15-9-24(11-23-15)8-12-3-1-2-4-16(12)25-10-17(19,20)21/h1-7,9,11H,8,10H2. The van der Waals surface area contributed by atoms with Crippen LogP contribution in [-0.2, 0) is 6.54 Å². The van der Waals surface area contributed by atoms with Crippen molar-refractivity contribution in [3.63, 3.8) is 0 Å². The summed E-state index contributed by atoms with van der Waals surface area (Å²) in [6.07, 6.45) is 0.530. The van der Waals surface area contributed by atoms with Crippen molar-refractivity contribution in [2.45, 2.75) is 12.7 Å². The van der Waals surface area contributed by atoms with Gasteiger partial charge in [0.2, 0.25) is 0 Å². The number of nitrogens with zero attached hydrogens (tertiary/aromatic N) is 3. The molecule has 0 saturated heterocycles. The van der Waals surface area contributed by atoms with Gasteiger partial charge in [0.25, 0.3) is 0 Å². The molecule has 130 valence electrons. The molecule has 0 aliphatic rings. The average molecular weight is 368 g/mol. The number of alkyl halides is 3. The Labute approximate surface area is 146 Å². The first kappa shape index (κ1) is 17.3. The summed E-state index contributed by atoms with van der Waals surface area (Å²) in [4.78, 5) is 8.45. The van der Waals surface area contributed by atoms with Gasteiger partial charge in [-0.25, -0.2) is 4.98 Å². The van der Waals surface area contributed by atoms with E-state index in [4.69, 9.17) is 16.3 Å². The fourth-order valence-corrected chi connectivity index (χ4v) is 2.41.